The van der Waals surface area contributed by atoms with Gasteiger partial charge in [-0.15, -0.1) is 0 Å². The van der Waals surface area contributed by atoms with Gasteiger partial charge in [-0.1, -0.05) is 6.07 Å². The fourth-order valence-electron chi connectivity index (χ4n) is 2.72. The van der Waals surface area contributed by atoms with Crippen molar-refractivity contribution in [3.63, 3.8) is 0 Å². The molecule has 0 aliphatic heterocycles. The molecule has 25 heavy (non-hydrogen) atoms. The summed E-state index contributed by atoms with van der Waals surface area (Å²) in [7, 11) is 0. The highest BCUT2D eigenvalue weighted by atomic mass is 16.4. The molecule has 1 aromatic carbocycles. The van der Waals surface area contributed by atoms with Crippen LogP contribution in [0.25, 0.3) is 11.0 Å². The highest BCUT2D eigenvalue weighted by Crippen LogP contribution is 2.24. The zero-order valence-corrected chi connectivity index (χ0v) is 14.0. The lowest BCUT2D eigenvalue weighted by Crippen LogP contribution is -2.17. The Labute approximate surface area is 144 Å². The average Bonchev–Trinajstić information content (AvgIpc) is 2.56. The molecule has 2 N–H and O–H groups in total. The molecule has 0 aliphatic carbocycles. The van der Waals surface area contributed by atoms with Gasteiger partial charge >= 0.3 is 5.63 Å². The van der Waals surface area contributed by atoms with Crippen molar-refractivity contribution in [2.45, 2.75) is 26.7 Å². The second-order valence-electron chi connectivity index (χ2n) is 5.89. The summed E-state index contributed by atoms with van der Waals surface area (Å²) in [5, 5.41) is 13.0. The number of pyridine rings is 1. The second kappa shape index (κ2) is 6.76. The van der Waals surface area contributed by atoms with Crippen LogP contribution in [-0.4, -0.2) is 16.0 Å². The smallest absolute Gasteiger partial charge is 0.339 e. The monoisotopic (exact) mass is 338 g/mol. The number of anilines is 1. The number of aromatic hydroxyl groups is 1. The van der Waals surface area contributed by atoms with E-state index in [9.17, 15) is 14.7 Å². The van der Waals surface area contributed by atoms with Crippen molar-refractivity contribution in [2.24, 2.45) is 0 Å². The topological polar surface area (TPSA) is 92.4 Å². The minimum absolute atomic E-state index is 0.0351. The molecule has 0 radical (unpaired) electrons. The minimum atomic E-state index is -0.489. The van der Waals surface area contributed by atoms with Crippen LogP contribution in [0.15, 0.2) is 45.7 Å². The van der Waals surface area contributed by atoms with Crippen LogP contribution in [0.2, 0.25) is 0 Å². The second-order valence-corrected chi connectivity index (χ2v) is 5.89. The Morgan fingerprint density at radius 3 is 2.84 bits per heavy atom. The molecule has 2 aromatic heterocycles. The maximum Gasteiger partial charge on any atom is 0.339 e. The normalized spacial score (nSPS) is 10.8. The number of aryl methyl sites for hydroxylation is 2. The molecule has 0 saturated carbocycles. The van der Waals surface area contributed by atoms with Gasteiger partial charge in [0.05, 0.1) is 0 Å². The Balaban J connectivity index is 1.79. The molecule has 0 unspecified atom stereocenters. The van der Waals surface area contributed by atoms with Crippen molar-refractivity contribution in [1.82, 2.24) is 4.98 Å². The molecule has 0 bridgehead atoms. The van der Waals surface area contributed by atoms with E-state index in [4.69, 9.17) is 4.42 Å². The first-order valence-corrected chi connectivity index (χ1v) is 7.92. The highest BCUT2D eigenvalue weighted by molar-refractivity contribution is 5.90. The number of phenolic OH excluding ortho intramolecular Hbond substituents is 1. The largest absolute Gasteiger partial charge is 0.508 e. The number of rotatable bonds is 4. The van der Waals surface area contributed by atoms with E-state index >= 15 is 0 Å². The summed E-state index contributed by atoms with van der Waals surface area (Å²) < 4.78 is 5.26. The molecule has 0 saturated heterocycles. The van der Waals surface area contributed by atoms with Crippen molar-refractivity contribution in [3.05, 3.63) is 63.6 Å². The van der Waals surface area contributed by atoms with E-state index in [1.165, 1.54) is 12.1 Å². The van der Waals surface area contributed by atoms with Crippen LogP contribution in [0.1, 0.15) is 23.1 Å². The van der Waals surface area contributed by atoms with Gasteiger partial charge in [-0.05, 0) is 49.6 Å². The van der Waals surface area contributed by atoms with Gasteiger partial charge < -0.3 is 14.8 Å². The highest BCUT2D eigenvalue weighted by Gasteiger charge is 2.14. The van der Waals surface area contributed by atoms with Crippen LogP contribution < -0.4 is 10.9 Å². The molecule has 128 valence electrons. The maximum absolute atomic E-state index is 12.2. The molecule has 0 spiro atoms. The first-order chi connectivity index (χ1) is 12.0. The van der Waals surface area contributed by atoms with Gasteiger partial charge in [0, 0.05) is 29.6 Å². The Hall–Kier alpha value is -3.15. The van der Waals surface area contributed by atoms with Crippen LogP contribution >= 0.6 is 0 Å². The number of fused-ring (bicyclic) bond motifs is 1. The first-order valence-electron chi connectivity index (χ1n) is 7.92. The van der Waals surface area contributed by atoms with Crippen molar-refractivity contribution < 1.29 is 14.3 Å². The van der Waals surface area contributed by atoms with Gasteiger partial charge in [-0.25, -0.2) is 9.78 Å². The average molecular weight is 338 g/mol. The summed E-state index contributed by atoms with van der Waals surface area (Å²) in [6.07, 6.45) is 2.02. The van der Waals surface area contributed by atoms with Gasteiger partial charge in [0.15, 0.2) is 0 Å². The zero-order valence-electron chi connectivity index (χ0n) is 14.0. The molecule has 6 nitrogen and oxygen atoms in total. The summed E-state index contributed by atoms with van der Waals surface area (Å²) in [6.45, 7) is 3.67. The van der Waals surface area contributed by atoms with E-state index in [1.54, 1.807) is 18.3 Å². The number of nitrogens with zero attached hydrogens (tertiary/aromatic N) is 1. The van der Waals surface area contributed by atoms with Gasteiger partial charge in [0.2, 0.25) is 5.91 Å². The van der Waals surface area contributed by atoms with Crippen LogP contribution in [0.5, 0.6) is 5.75 Å². The maximum atomic E-state index is 12.2. The van der Waals surface area contributed by atoms with E-state index in [0.29, 0.717) is 17.0 Å². The van der Waals surface area contributed by atoms with Crippen LogP contribution in [0.3, 0.4) is 0 Å². The number of amides is 1. The molecular weight excluding hydrogens is 320 g/mol. The Kier molecular flexibility index (Phi) is 4.52. The standard InChI is InChI=1S/C19H18N2O4/c1-11-4-3-9-20-18(11)21-17(23)8-7-15-12(2)14-6-5-13(22)10-16(14)25-19(15)24/h3-6,9-10,22H,7-8H2,1-2H3,(H,20,21,23). The molecule has 0 atom stereocenters. The van der Waals surface area contributed by atoms with E-state index in [1.807, 2.05) is 19.9 Å². The Morgan fingerprint density at radius 2 is 2.08 bits per heavy atom. The third-order valence-electron chi connectivity index (χ3n) is 4.14. The molecule has 2 heterocycles. The zero-order chi connectivity index (χ0) is 18.0. The molecule has 1 amide bonds. The molecule has 0 fully saturated rings. The fraction of sp³-hybridized carbons (Fsp3) is 0.211. The molecule has 6 heteroatoms. The van der Waals surface area contributed by atoms with Crippen LogP contribution in [0.4, 0.5) is 5.82 Å². The SMILES string of the molecule is Cc1cccnc1NC(=O)CCc1c(C)c2ccc(O)cc2oc1=O. The number of phenols is 1. The number of nitrogens with one attached hydrogen (secondary N) is 1. The number of benzene rings is 1. The number of carbonyl (C=O) groups is 1. The fourth-order valence-corrected chi connectivity index (χ4v) is 2.72. The van der Waals surface area contributed by atoms with Crippen molar-refractivity contribution >= 4 is 22.7 Å². The lowest BCUT2D eigenvalue weighted by molar-refractivity contribution is -0.116. The molecular formula is C19H18N2O4. The molecule has 3 aromatic rings. The third kappa shape index (κ3) is 3.52. The summed E-state index contributed by atoms with van der Waals surface area (Å²) in [4.78, 5) is 28.5. The van der Waals surface area contributed by atoms with E-state index in [-0.39, 0.29) is 24.5 Å². The summed E-state index contributed by atoms with van der Waals surface area (Å²) in [5.74, 6) is 0.338. The van der Waals surface area contributed by atoms with Gasteiger partial charge in [-0.2, -0.15) is 0 Å². The Bertz CT molecular complexity index is 1010. The first kappa shape index (κ1) is 16.7. The number of hydrogen-bond acceptors (Lipinski definition) is 5. The van der Waals surface area contributed by atoms with Crippen molar-refractivity contribution in [3.8, 4) is 5.75 Å². The minimum Gasteiger partial charge on any atom is -0.508 e. The summed E-state index contributed by atoms with van der Waals surface area (Å²) in [5.41, 5.74) is 1.94. The predicted molar refractivity (Wildman–Crippen MR) is 94.8 cm³/mol. The number of hydrogen-bond donors (Lipinski definition) is 2. The van der Waals surface area contributed by atoms with Crippen molar-refractivity contribution in [2.75, 3.05) is 5.32 Å². The number of aromatic nitrogens is 1. The van der Waals surface area contributed by atoms with Gasteiger partial charge in [0.25, 0.3) is 0 Å². The lowest BCUT2D eigenvalue weighted by atomic mass is 10.0. The van der Waals surface area contributed by atoms with Crippen LogP contribution in [-0.2, 0) is 11.2 Å². The summed E-state index contributed by atoms with van der Waals surface area (Å²) >= 11 is 0. The molecule has 0 aliphatic rings. The Morgan fingerprint density at radius 1 is 1.28 bits per heavy atom. The summed E-state index contributed by atoms with van der Waals surface area (Å²) in [6, 6.07) is 8.30. The van der Waals surface area contributed by atoms with E-state index in [0.717, 1.165) is 16.5 Å². The number of carbonyl (C=O) groups excluding carboxylic acids is 1. The van der Waals surface area contributed by atoms with Crippen LogP contribution in [0, 0.1) is 13.8 Å². The third-order valence-corrected chi connectivity index (χ3v) is 4.14. The van der Waals surface area contributed by atoms with Crippen molar-refractivity contribution in [1.29, 1.82) is 0 Å². The molecule has 3 rings (SSSR count). The lowest BCUT2D eigenvalue weighted by Gasteiger charge is -2.09. The quantitative estimate of drug-likeness (QED) is 0.713. The van der Waals surface area contributed by atoms with E-state index in [2.05, 4.69) is 10.3 Å². The van der Waals surface area contributed by atoms with E-state index < -0.39 is 5.63 Å². The van der Waals surface area contributed by atoms with Gasteiger partial charge in [0.1, 0.15) is 17.2 Å². The van der Waals surface area contributed by atoms with Gasteiger partial charge in [-0.3, -0.25) is 4.79 Å². The predicted octanol–water partition coefficient (Wildman–Crippen LogP) is 3.08.